The van der Waals surface area contributed by atoms with Gasteiger partial charge in [-0.1, -0.05) is 48.0 Å². The van der Waals surface area contributed by atoms with E-state index in [1.165, 1.54) is 22.3 Å². The molecule has 0 bridgehead atoms. The first-order valence-electron chi connectivity index (χ1n) is 8.21. The van der Waals surface area contributed by atoms with Crippen LogP contribution in [-0.2, 0) is 6.54 Å². The maximum Gasteiger partial charge on any atom is 0.227 e. The van der Waals surface area contributed by atoms with Crippen molar-refractivity contribution < 1.29 is 9.36 Å². The molecule has 0 radical (unpaired) electrons. The van der Waals surface area contributed by atoms with Crippen molar-refractivity contribution in [3.05, 3.63) is 89.1 Å². The SMILES string of the molecule is Cc1cc(C)c(-c2cccc[n+]2CC(=O)c2ccccc2)c(C)c1. The topological polar surface area (TPSA) is 20.9 Å². The van der Waals surface area contributed by atoms with Crippen LogP contribution in [0.5, 0.6) is 0 Å². The molecule has 2 heteroatoms. The summed E-state index contributed by atoms with van der Waals surface area (Å²) in [6.45, 7) is 6.71. The normalized spacial score (nSPS) is 10.6. The number of benzene rings is 2. The molecule has 0 atom stereocenters. The number of Topliss-reactive ketones (excluding diaryl/α,β-unsaturated/α-hetero) is 1. The molecular weight excluding hydrogens is 294 g/mol. The molecule has 3 rings (SSSR count). The summed E-state index contributed by atoms with van der Waals surface area (Å²) in [4.78, 5) is 12.6. The Morgan fingerprint density at radius 2 is 1.50 bits per heavy atom. The Morgan fingerprint density at radius 3 is 2.17 bits per heavy atom. The lowest BCUT2D eigenvalue weighted by Crippen LogP contribution is -2.40. The third-order valence-electron chi connectivity index (χ3n) is 4.28. The number of aryl methyl sites for hydroxylation is 3. The summed E-state index contributed by atoms with van der Waals surface area (Å²) >= 11 is 0. The van der Waals surface area contributed by atoms with E-state index in [1.807, 2.05) is 53.2 Å². The van der Waals surface area contributed by atoms with E-state index in [-0.39, 0.29) is 5.78 Å². The fraction of sp³-hybridized carbons (Fsp3) is 0.182. The predicted octanol–water partition coefficient (Wildman–Crippen LogP) is 4.45. The fourth-order valence-corrected chi connectivity index (χ4v) is 3.30. The van der Waals surface area contributed by atoms with Gasteiger partial charge in [0.05, 0.1) is 5.56 Å². The Balaban J connectivity index is 2.02. The average molecular weight is 316 g/mol. The highest BCUT2D eigenvalue weighted by atomic mass is 16.1. The van der Waals surface area contributed by atoms with Gasteiger partial charge in [-0.15, -0.1) is 0 Å². The zero-order valence-electron chi connectivity index (χ0n) is 14.4. The van der Waals surface area contributed by atoms with Crippen LogP contribution in [0, 0.1) is 20.8 Å². The molecule has 0 saturated carbocycles. The number of carbonyl (C=O) groups excluding carboxylic acids is 1. The molecule has 0 aliphatic heterocycles. The van der Waals surface area contributed by atoms with Gasteiger partial charge in [-0.25, -0.2) is 0 Å². The average Bonchev–Trinajstić information content (AvgIpc) is 2.56. The van der Waals surface area contributed by atoms with Gasteiger partial charge in [-0.3, -0.25) is 4.79 Å². The van der Waals surface area contributed by atoms with Gasteiger partial charge < -0.3 is 0 Å². The summed E-state index contributed by atoms with van der Waals surface area (Å²) in [5, 5.41) is 0. The second-order valence-electron chi connectivity index (χ2n) is 6.28. The smallest absolute Gasteiger partial charge is 0.227 e. The predicted molar refractivity (Wildman–Crippen MR) is 97.1 cm³/mol. The van der Waals surface area contributed by atoms with Crippen molar-refractivity contribution in [2.45, 2.75) is 27.3 Å². The number of nitrogens with zero attached hydrogens (tertiary/aromatic N) is 1. The largest absolute Gasteiger partial charge is 0.287 e. The molecule has 0 fully saturated rings. The maximum absolute atomic E-state index is 12.6. The van der Waals surface area contributed by atoms with Gasteiger partial charge in [0.2, 0.25) is 18.0 Å². The monoisotopic (exact) mass is 316 g/mol. The van der Waals surface area contributed by atoms with Crippen molar-refractivity contribution in [1.82, 2.24) is 0 Å². The summed E-state index contributed by atoms with van der Waals surface area (Å²) in [5.74, 6) is 0.121. The van der Waals surface area contributed by atoms with Crippen LogP contribution in [0.2, 0.25) is 0 Å². The lowest BCUT2D eigenvalue weighted by atomic mass is 9.96. The molecule has 0 aliphatic rings. The van der Waals surface area contributed by atoms with Crippen LogP contribution >= 0.6 is 0 Å². The summed E-state index contributed by atoms with van der Waals surface area (Å²) < 4.78 is 2.04. The molecule has 120 valence electrons. The number of hydrogen-bond donors (Lipinski definition) is 0. The number of rotatable bonds is 4. The number of hydrogen-bond acceptors (Lipinski definition) is 1. The Kier molecular flexibility index (Phi) is 4.57. The van der Waals surface area contributed by atoms with Crippen LogP contribution in [0.25, 0.3) is 11.3 Å². The third-order valence-corrected chi connectivity index (χ3v) is 4.28. The molecule has 0 aliphatic carbocycles. The molecule has 3 aromatic rings. The highest BCUT2D eigenvalue weighted by Crippen LogP contribution is 2.25. The third kappa shape index (κ3) is 3.28. The molecule has 0 unspecified atom stereocenters. The van der Waals surface area contributed by atoms with Gasteiger partial charge in [0.15, 0.2) is 6.20 Å². The Hall–Kier alpha value is -2.74. The van der Waals surface area contributed by atoms with E-state index in [4.69, 9.17) is 0 Å². The standard InChI is InChI=1S/C22H22NO/c1-16-13-17(2)22(18(3)14-16)20-11-7-8-12-23(20)15-21(24)19-9-5-4-6-10-19/h4-14H,15H2,1-3H3/q+1. The van der Waals surface area contributed by atoms with Crippen LogP contribution < -0.4 is 4.57 Å². The van der Waals surface area contributed by atoms with Crippen LogP contribution in [0.1, 0.15) is 27.0 Å². The fourth-order valence-electron chi connectivity index (χ4n) is 3.30. The van der Waals surface area contributed by atoms with E-state index in [0.717, 1.165) is 11.3 Å². The lowest BCUT2D eigenvalue weighted by molar-refractivity contribution is -0.672. The highest BCUT2D eigenvalue weighted by Gasteiger charge is 2.20. The van der Waals surface area contributed by atoms with E-state index in [9.17, 15) is 4.79 Å². The quantitative estimate of drug-likeness (QED) is 0.514. The summed E-state index contributed by atoms with van der Waals surface area (Å²) in [6.07, 6.45) is 1.98. The van der Waals surface area contributed by atoms with Crippen LogP contribution in [0.4, 0.5) is 0 Å². The zero-order chi connectivity index (χ0) is 17.1. The molecule has 1 heterocycles. The lowest BCUT2D eigenvalue weighted by Gasteiger charge is -2.11. The maximum atomic E-state index is 12.6. The van der Waals surface area contributed by atoms with Gasteiger partial charge in [-0.05, 0) is 38.0 Å². The summed E-state index contributed by atoms with van der Waals surface area (Å²) in [7, 11) is 0. The van der Waals surface area contributed by atoms with E-state index in [2.05, 4.69) is 39.0 Å². The molecule has 0 amide bonds. The molecule has 0 spiro atoms. The molecule has 0 N–H and O–H groups in total. The zero-order valence-corrected chi connectivity index (χ0v) is 14.4. The molecule has 1 aromatic heterocycles. The Labute approximate surface area is 143 Å². The van der Waals surface area contributed by atoms with Crippen molar-refractivity contribution in [2.24, 2.45) is 0 Å². The highest BCUT2D eigenvalue weighted by molar-refractivity contribution is 5.95. The van der Waals surface area contributed by atoms with E-state index in [0.29, 0.717) is 6.54 Å². The Morgan fingerprint density at radius 1 is 0.875 bits per heavy atom. The molecule has 24 heavy (non-hydrogen) atoms. The first-order chi connectivity index (χ1) is 11.6. The van der Waals surface area contributed by atoms with Gasteiger partial charge in [-0.2, -0.15) is 4.57 Å². The first-order valence-corrected chi connectivity index (χ1v) is 8.21. The van der Waals surface area contributed by atoms with Crippen LogP contribution in [0.3, 0.4) is 0 Å². The number of ketones is 1. The summed E-state index contributed by atoms with van der Waals surface area (Å²) in [5.41, 5.74) is 6.77. The van der Waals surface area contributed by atoms with E-state index >= 15 is 0 Å². The minimum absolute atomic E-state index is 0.121. The van der Waals surface area contributed by atoms with Crippen molar-refractivity contribution in [3.63, 3.8) is 0 Å². The number of pyridine rings is 1. The minimum Gasteiger partial charge on any atom is -0.287 e. The second-order valence-corrected chi connectivity index (χ2v) is 6.28. The van der Waals surface area contributed by atoms with Gasteiger partial charge in [0, 0.05) is 17.7 Å². The van der Waals surface area contributed by atoms with Gasteiger partial charge in [0.1, 0.15) is 0 Å². The number of carbonyl (C=O) groups is 1. The van der Waals surface area contributed by atoms with Gasteiger partial charge >= 0.3 is 0 Å². The van der Waals surface area contributed by atoms with E-state index in [1.54, 1.807) is 0 Å². The van der Waals surface area contributed by atoms with Crippen molar-refractivity contribution >= 4 is 5.78 Å². The van der Waals surface area contributed by atoms with Crippen molar-refractivity contribution in [1.29, 1.82) is 0 Å². The molecular formula is C22H22NO+. The molecule has 2 aromatic carbocycles. The Bertz CT molecular complexity index is 858. The van der Waals surface area contributed by atoms with E-state index < -0.39 is 0 Å². The molecule has 2 nitrogen and oxygen atoms in total. The summed E-state index contributed by atoms with van der Waals surface area (Å²) in [6, 6.07) is 19.9. The number of aromatic nitrogens is 1. The van der Waals surface area contributed by atoms with Crippen LogP contribution in [-0.4, -0.2) is 5.78 Å². The molecule has 0 saturated heterocycles. The van der Waals surface area contributed by atoms with Crippen LogP contribution in [0.15, 0.2) is 66.9 Å². The van der Waals surface area contributed by atoms with Gasteiger partial charge in [0.25, 0.3) is 0 Å². The van der Waals surface area contributed by atoms with Crippen molar-refractivity contribution in [3.8, 4) is 11.3 Å². The first kappa shape index (κ1) is 16.1. The van der Waals surface area contributed by atoms with Crippen molar-refractivity contribution in [2.75, 3.05) is 0 Å². The second kappa shape index (κ2) is 6.79. The minimum atomic E-state index is 0.121.